The molecule has 0 aromatic heterocycles. The van der Waals surface area contributed by atoms with Crippen LogP contribution in [0.5, 0.6) is 0 Å². The molecule has 4 nitrogen and oxygen atoms in total. The Balaban J connectivity index is 1.52. The smallest absolute Gasteiger partial charge is 0.305 e. The average molecular weight is 626 g/mol. The highest BCUT2D eigenvalue weighted by Gasteiger charge is 2.47. The summed E-state index contributed by atoms with van der Waals surface area (Å²) in [4.78, 5) is 2.37. The number of hydrogen-bond donors (Lipinski definition) is 3. The lowest BCUT2D eigenvalue weighted by Crippen LogP contribution is -2.27. The van der Waals surface area contributed by atoms with E-state index in [-0.39, 0.29) is 16.4 Å². The molecule has 3 N–H and O–H groups in total. The van der Waals surface area contributed by atoms with Gasteiger partial charge in [-0.3, -0.25) is 0 Å². The van der Waals surface area contributed by atoms with Gasteiger partial charge in [-0.15, -0.1) is 0 Å². The second kappa shape index (κ2) is 9.79. The third-order valence-corrected chi connectivity index (χ3v) is 10.8. The van der Waals surface area contributed by atoms with E-state index < -0.39 is 16.8 Å². The van der Waals surface area contributed by atoms with Crippen molar-refractivity contribution in [3.8, 4) is 11.1 Å². The van der Waals surface area contributed by atoms with E-state index in [1.807, 2.05) is 12.1 Å². The predicted molar refractivity (Wildman–Crippen MR) is 194 cm³/mol. The standard InChI is InChI=1S/C43H47NO3/c1-39(2,3)25-14-18-27(19-15-25)44(28-20-16-26(17-21-28)40(4,5)6)29-22-33-37-34(23-29)42(9,10)35-24-32(43(45,46)47)30-12-11-13-31(41(33,7)8)36(30)38(35)37/h11-24,45-47H,1-10H3. The minimum Gasteiger partial charge on any atom is -0.340 e. The first-order valence-electron chi connectivity index (χ1n) is 16.7. The maximum Gasteiger partial charge on any atom is 0.305 e. The molecule has 0 spiro atoms. The molecule has 0 radical (unpaired) electrons. The van der Waals surface area contributed by atoms with Crippen molar-refractivity contribution in [2.45, 2.75) is 96.9 Å². The highest BCUT2D eigenvalue weighted by Crippen LogP contribution is 2.61. The lowest BCUT2D eigenvalue weighted by molar-refractivity contribution is -0.322. The molecule has 5 aromatic carbocycles. The quantitative estimate of drug-likeness (QED) is 0.174. The van der Waals surface area contributed by atoms with Crippen molar-refractivity contribution in [1.29, 1.82) is 0 Å². The van der Waals surface area contributed by atoms with Gasteiger partial charge in [-0.05, 0) is 109 Å². The van der Waals surface area contributed by atoms with Crippen molar-refractivity contribution in [3.63, 3.8) is 0 Å². The molecule has 0 saturated carbocycles. The van der Waals surface area contributed by atoms with Crippen LogP contribution in [0.2, 0.25) is 0 Å². The molecule has 0 atom stereocenters. The summed E-state index contributed by atoms with van der Waals surface area (Å²) in [5.41, 5.74) is 12.1. The Morgan fingerprint density at radius 1 is 0.511 bits per heavy atom. The molecule has 47 heavy (non-hydrogen) atoms. The van der Waals surface area contributed by atoms with E-state index in [1.165, 1.54) is 27.8 Å². The normalized spacial score (nSPS) is 16.1. The van der Waals surface area contributed by atoms with E-state index in [0.29, 0.717) is 5.39 Å². The molecule has 0 fully saturated rings. The van der Waals surface area contributed by atoms with E-state index in [4.69, 9.17) is 0 Å². The predicted octanol–water partition coefficient (Wildman–Crippen LogP) is 9.94. The molecule has 242 valence electrons. The average Bonchev–Trinajstić information content (AvgIpc) is 3.21. The fraction of sp³-hybridized carbons (Fsp3) is 0.349. The number of hydrogen-bond acceptors (Lipinski definition) is 4. The molecule has 2 aliphatic rings. The zero-order valence-electron chi connectivity index (χ0n) is 29.4. The Bertz CT molecular complexity index is 2010. The van der Waals surface area contributed by atoms with Crippen LogP contribution in [0.25, 0.3) is 21.9 Å². The maximum atomic E-state index is 10.6. The van der Waals surface area contributed by atoms with Gasteiger partial charge in [-0.25, -0.2) is 0 Å². The van der Waals surface area contributed by atoms with Gasteiger partial charge in [0, 0.05) is 33.5 Å². The summed E-state index contributed by atoms with van der Waals surface area (Å²) in [6, 6.07) is 30.4. The zero-order valence-corrected chi connectivity index (χ0v) is 29.4. The summed E-state index contributed by atoms with van der Waals surface area (Å²) in [6.45, 7) is 22.4. The summed E-state index contributed by atoms with van der Waals surface area (Å²) in [5.74, 6) is -2.96. The van der Waals surface area contributed by atoms with Gasteiger partial charge in [0.25, 0.3) is 0 Å². The zero-order chi connectivity index (χ0) is 34.1. The van der Waals surface area contributed by atoms with Crippen LogP contribution in [0.1, 0.15) is 108 Å². The van der Waals surface area contributed by atoms with Crippen molar-refractivity contribution in [2.24, 2.45) is 0 Å². The van der Waals surface area contributed by atoms with Crippen molar-refractivity contribution in [3.05, 3.63) is 124 Å². The van der Waals surface area contributed by atoms with Gasteiger partial charge in [0.1, 0.15) is 0 Å². The molecule has 0 unspecified atom stereocenters. The molecule has 0 bridgehead atoms. The first-order valence-corrected chi connectivity index (χ1v) is 16.7. The lowest BCUT2D eigenvalue weighted by atomic mass is 9.68. The molecular formula is C43H47NO3. The molecule has 7 rings (SSSR count). The van der Waals surface area contributed by atoms with Crippen molar-refractivity contribution < 1.29 is 15.3 Å². The Kier molecular flexibility index (Phi) is 6.59. The van der Waals surface area contributed by atoms with E-state index >= 15 is 0 Å². The van der Waals surface area contributed by atoms with Gasteiger partial charge < -0.3 is 20.2 Å². The Hall–Kier alpha value is -3.96. The number of rotatable bonds is 4. The van der Waals surface area contributed by atoms with Gasteiger partial charge in [-0.1, -0.05) is 112 Å². The minimum absolute atomic E-state index is 0.0438. The largest absolute Gasteiger partial charge is 0.340 e. The SMILES string of the molecule is CC(C)(C)c1ccc(N(c2ccc(C(C)(C)C)cc2)c2cc3c4c(c2)C(C)(C)c2cccc5c(C(O)(O)O)cc(c-4c25)C3(C)C)cc1. The fourth-order valence-corrected chi connectivity index (χ4v) is 8.00. The highest BCUT2D eigenvalue weighted by molar-refractivity contribution is 6.10. The van der Waals surface area contributed by atoms with E-state index in [2.05, 4.69) is 141 Å². The monoisotopic (exact) mass is 625 g/mol. The molecular weight excluding hydrogens is 578 g/mol. The molecule has 0 aliphatic heterocycles. The summed E-state index contributed by atoms with van der Waals surface area (Å²) < 4.78 is 0. The number of benzene rings is 5. The molecule has 5 aromatic rings. The third-order valence-electron chi connectivity index (χ3n) is 10.8. The van der Waals surface area contributed by atoms with Crippen molar-refractivity contribution in [1.82, 2.24) is 0 Å². The number of anilines is 3. The summed E-state index contributed by atoms with van der Waals surface area (Å²) in [5, 5.41) is 33.3. The van der Waals surface area contributed by atoms with Crippen LogP contribution in [0.15, 0.2) is 84.9 Å². The van der Waals surface area contributed by atoms with Crippen LogP contribution >= 0.6 is 0 Å². The van der Waals surface area contributed by atoms with Crippen LogP contribution in [-0.2, 0) is 27.6 Å². The van der Waals surface area contributed by atoms with Gasteiger partial charge in [0.05, 0.1) is 0 Å². The van der Waals surface area contributed by atoms with Crippen LogP contribution in [0.4, 0.5) is 17.1 Å². The molecule has 2 aliphatic carbocycles. The summed E-state index contributed by atoms with van der Waals surface area (Å²) in [6.07, 6.45) is 0. The molecule has 0 amide bonds. The first kappa shape index (κ1) is 31.6. The Morgan fingerprint density at radius 3 is 1.40 bits per heavy atom. The van der Waals surface area contributed by atoms with E-state index in [1.54, 1.807) is 6.07 Å². The number of aliphatic hydroxyl groups is 3. The third kappa shape index (κ3) is 4.68. The van der Waals surface area contributed by atoms with Crippen molar-refractivity contribution >= 4 is 27.8 Å². The lowest BCUT2D eigenvalue weighted by Gasteiger charge is -2.37. The van der Waals surface area contributed by atoms with Crippen LogP contribution in [-0.4, -0.2) is 15.3 Å². The Morgan fingerprint density at radius 2 is 0.957 bits per heavy atom. The number of nitrogens with zero attached hydrogens (tertiary/aromatic N) is 1. The van der Waals surface area contributed by atoms with Gasteiger partial charge >= 0.3 is 5.97 Å². The van der Waals surface area contributed by atoms with Crippen LogP contribution < -0.4 is 4.90 Å². The van der Waals surface area contributed by atoms with Crippen LogP contribution in [0, 0.1) is 0 Å². The summed E-state index contributed by atoms with van der Waals surface area (Å²) in [7, 11) is 0. The highest BCUT2D eigenvalue weighted by atomic mass is 16.7. The van der Waals surface area contributed by atoms with Gasteiger partial charge in [0.2, 0.25) is 0 Å². The molecule has 0 saturated heterocycles. The first-order chi connectivity index (χ1) is 21.7. The summed E-state index contributed by atoms with van der Waals surface area (Å²) >= 11 is 0. The maximum absolute atomic E-state index is 10.6. The Labute approximate surface area is 279 Å². The topological polar surface area (TPSA) is 63.9 Å². The van der Waals surface area contributed by atoms with E-state index in [9.17, 15) is 15.3 Å². The minimum atomic E-state index is -2.96. The second-order valence-corrected chi connectivity index (χ2v) is 16.8. The van der Waals surface area contributed by atoms with Gasteiger partial charge in [0.15, 0.2) is 0 Å². The second-order valence-electron chi connectivity index (χ2n) is 16.8. The van der Waals surface area contributed by atoms with Crippen molar-refractivity contribution in [2.75, 3.05) is 4.90 Å². The van der Waals surface area contributed by atoms with E-state index in [0.717, 1.165) is 39.1 Å². The van der Waals surface area contributed by atoms with Gasteiger partial charge in [-0.2, -0.15) is 0 Å². The molecule has 0 heterocycles. The fourth-order valence-electron chi connectivity index (χ4n) is 8.00. The molecule has 4 heteroatoms. The van der Waals surface area contributed by atoms with Crippen LogP contribution in [0.3, 0.4) is 0 Å².